The summed E-state index contributed by atoms with van der Waals surface area (Å²) in [4.78, 5) is 48.0. The fraction of sp³-hybridized carbons (Fsp3) is 0.355. The largest absolute Gasteiger partial charge is 0.497 e. The van der Waals surface area contributed by atoms with Gasteiger partial charge in [-0.25, -0.2) is 4.79 Å². The van der Waals surface area contributed by atoms with E-state index in [0.717, 1.165) is 10.8 Å². The zero-order chi connectivity index (χ0) is 31.2. The van der Waals surface area contributed by atoms with E-state index in [0.29, 0.717) is 55.2 Å². The minimum absolute atomic E-state index is 0.0248. The molecule has 2 aromatic heterocycles. The van der Waals surface area contributed by atoms with Crippen LogP contribution in [0.25, 0.3) is 21.8 Å². The normalized spacial score (nSPS) is 15.2. The smallest absolute Gasteiger partial charge is 0.343 e. The molecule has 0 N–H and O–H groups in total. The standard InChI is InChI=1S/C16H17NO6.C15H15NO5/c1-20-11-4-3-10-7-12(16(19)21-2)15(18)17(13(10)8-11)9-14-22-5-6-23-14;1-19-12-3-2-10-6-11(9-17)15(18)16(13(10)7-12)8-14-20-4-5-21-14/h3-4,7-8,14H,5-6,9H2,1-2H3;2-3,6-7,9,14H,4-5,8H2,1H3. The summed E-state index contributed by atoms with van der Waals surface area (Å²) in [6, 6.07) is 13.8. The maximum Gasteiger partial charge on any atom is 0.343 e. The van der Waals surface area contributed by atoms with E-state index in [-0.39, 0.29) is 29.8 Å². The van der Waals surface area contributed by atoms with Crippen LogP contribution in [-0.2, 0) is 36.8 Å². The van der Waals surface area contributed by atoms with Crippen LogP contribution in [0.3, 0.4) is 0 Å². The second-order valence-electron chi connectivity index (χ2n) is 9.79. The van der Waals surface area contributed by atoms with Crippen molar-refractivity contribution in [2.75, 3.05) is 47.8 Å². The van der Waals surface area contributed by atoms with Crippen LogP contribution in [0.1, 0.15) is 20.7 Å². The Kier molecular flexibility index (Phi) is 9.70. The molecule has 13 heteroatoms. The average molecular weight is 609 g/mol. The van der Waals surface area contributed by atoms with Crippen molar-refractivity contribution in [2.45, 2.75) is 25.7 Å². The zero-order valence-corrected chi connectivity index (χ0v) is 24.5. The minimum Gasteiger partial charge on any atom is -0.497 e. The van der Waals surface area contributed by atoms with Crippen LogP contribution in [0, 0.1) is 0 Å². The van der Waals surface area contributed by atoms with Gasteiger partial charge in [-0.05, 0) is 47.2 Å². The number of hydrogen-bond donors (Lipinski definition) is 0. The summed E-state index contributed by atoms with van der Waals surface area (Å²) < 4.78 is 39.7. The topological polar surface area (TPSA) is 143 Å². The number of carbonyl (C=O) groups is 2. The van der Waals surface area contributed by atoms with Gasteiger partial charge in [-0.3, -0.25) is 14.4 Å². The summed E-state index contributed by atoms with van der Waals surface area (Å²) >= 11 is 0. The number of rotatable bonds is 8. The summed E-state index contributed by atoms with van der Waals surface area (Å²) in [5, 5.41) is 1.51. The van der Waals surface area contributed by atoms with E-state index in [1.807, 2.05) is 6.07 Å². The third-order valence-corrected chi connectivity index (χ3v) is 7.21. The summed E-state index contributed by atoms with van der Waals surface area (Å²) in [6.45, 7) is 2.41. The van der Waals surface area contributed by atoms with Crippen LogP contribution < -0.4 is 20.6 Å². The predicted molar refractivity (Wildman–Crippen MR) is 158 cm³/mol. The Bertz CT molecular complexity index is 1780. The van der Waals surface area contributed by atoms with E-state index in [4.69, 9.17) is 33.2 Å². The van der Waals surface area contributed by atoms with Gasteiger partial charge in [0.1, 0.15) is 17.1 Å². The molecule has 0 radical (unpaired) electrons. The van der Waals surface area contributed by atoms with E-state index in [1.165, 1.54) is 22.3 Å². The number of fused-ring (bicyclic) bond motifs is 2. The average Bonchev–Trinajstić information content (AvgIpc) is 3.78. The van der Waals surface area contributed by atoms with Crippen LogP contribution in [0.15, 0.2) is 58.1 Å². The fourth-order valence-electron chi connectivity index (χ4n) is 5.01. The Balaban J connectivity index is 0.000000175. The van der Waals surface area contributed by atoms with Crippen molar-refractivity contribution >= 4 is 34.1 Å². The van der Waals surface area contributed by atoms with Crippen LogP contribution in [0.2, 0.25) is 0 Å². The second-order valence-corrected chi connectivity index (χ2v) is 9.79. The van der Waals surface area contributed by atoms with Crippen LogP contribution >= 0.6 is 0 Å². The molecule has 0 amide bonds. The number of esters is 1. The summed E-state index contributed by atoms with van der Waals surface area (Å²) in [7, 11) is 4.36. The van der Waals surface area contributed by atoms with Crippen molar-refractivity contribution in [1.82, 2.24) is 9.13 Å². The Morgan fingerprint density at radius 2 is 1.23 bits per heavy atom. The molecule has 0 bridgehead atoms. The lowest BCUT2D eigenvalue weighted by Crippen LogP contribution is -2.31. The van der Waals surface area contributed by atoms with Crippen molar-refractivity contribution in [2.24, 2.45) is 0 Å². The van der Waals surface area contributed by atoms with Crippen molar-refractivity contribution < 1.29 is 42.7 Å². The molecule has 4 aromatic rings. The molecule has 2 aliphatic rings. The number of methoxy groups -OCH3 is 3. The molecule has 13 nitrogen and oxygen atoms in total. The summed E-state index contributed by atoms with van der Waals surface area (Å²) in [5.41, 5.74) is 0.612. The van der Waals surface area contributed by atoms with E-state index in [2.05, 4.69) is 0 Å². The van der Waals surface area contributed by atoms with Crippen LogP contribution in [-0.4, -0.2) is 81.7 Å². The van der Waals surface area contributed by atoms with Crippen molar-refractivity contribution in [3.8, 4) is 11.5 Å². The summed E-state index contributed by atoms with van der Waals surface area (Å²) in [6.07, 6.45) is -0.423. The number of hydrogen-bond acceptors (Lipinski definition) is 11. The molecule has 0 aliphatic carbocycles. The summed E-state index contributed by atoms with van der Waals surface area (Å²) in [5.74, 6) is 0.585. The van der Waals surface area contributed by atoms with E-state index in [1.54, 1.807) is 50.6 Å². The Labute approximate surface area is 251 Å². The maximum atomic E-state index is 12.7. The molecule has 0 spiro atoms. The highest BCUT2D eigenvalue weighted by molar-refractivity contribution is 5.94. The molecule has 0 atom stereocenters. The van der Waals surface area contributed by atoms with Gasteiger partial charge in [0.25, 0.3) is 11.1 Å². The van der Waals surface area contributed by atoms with Crippen molar-refractivity contribution in [1.29, 1.82) is 0 Å². The molecular formula is C31H32N2O11. The highest BCUT2D eigenvalue weighted by atomic mass is 16.7. The monoisotopic (exact) mass is 608 g/mol. The first-order valence-corrected chi connectivity index (χ1v) is 13.8. The Morgan fingerprint density at radius 3 is 1.68 bits per heavy atom. The molecule has 2 aliphatic heterocycles. The fourth-order valence-corrected chi connectivity index (χ4v) is 5.01. The zero-order valence-electron chi connectivity index (χ0n) is 24.5. The van der Waals surface area contributed by atoms with Crippen LogP contribution in [0.5, 0.6) is 11.5 Å². The Morgan fingerprint density at radius 1 is 0.750 bits per heavy atom. The molecule has 44 heavy (non-hydrogen) atoms. The van der Waals surface area contributed by atoms with Gasteiger partial charge in [0.15, 0.2) is 18.9 Å². The molecule has 0 unspecified atom stereocenters. The van der Waals surface area contributed by atoms with Gasteiger partial charge < -0.3 is 42.3 Å². The number of nitrogens with zero attached hydrogens (tertiary/aromatic N) is 2. The van der Waals surface area contributed by atoms with Gasteiger partial charge >= 0.3 is 5.97 Å². The number of carbonyl (C=O) groups excluding carboxylic acids is 2. The van der Waals surface area contributed by atoms with Gasteiger partial charge in [0.2, 0.25) is 0 Å². The van der Waals surface area contributed by atoms with Gasteiger partial charge in [-0.1, -0.05) is 0 Å². The molecule has 6 rings (SSSR count). The Hall–Kier alpha value is -4.56. The predicted octanol–water partition coefficient (Wildman–Crippen LogP) is 2.37. The number of ether oxygens (including phenoxy) is 7. The van der Waals surface area contributed by atoms with Crippen LogP contribution in [0.4, 0.5) is 0 Å². The molecule has 4 heterocycles. The molecule has 2 saturated heterocycles. The van der Waals surface area contributed by atoms with E-state index in [9.17, 15) is 19.2 Å². The first kappa shape index (κ1) is 30.9. The maximum absolute atomic E-state index is 12.7. The van der Waals surface area contributed by atoms with Gasteiger partial charge in [-0.15, -0.1) is 0 Å². The number of pyridine rings is 2. The third-order valence-electron chi connectivity index (χ3n) is 7.21. The number of aldehydes is 1. The molecule has 0 saturated carbocycles. The number of benzene rings is 2. The van der Waals surface area contributed by atoms with Gasteiger partial charge in [-0.2, -0.15) is 0 Å². The van der Waals surface area contributed by atoms with E-state index >= 15 is 0 Å². The lowest BCUT2D eigenvalue weighted by Gasteiger charge is -2.16. The minimum atomic E-state index is -0.672. The van der Waals surface area contributed by atoms with Gasteiger partial charge in [0.05, 0.1) is 77.4 Å². The second kappa shape index (κ2) is 13.8. The molecule has 2 fully saturated rings. The molecule has 232 valence electrons. The SMILES string of the molecule is COC(=O)c1cc2ccc(OC)cc2n(CC2OCCO2)c1=O.COc1ccc2cc(C=O)c(=O)n(CC3OCCO3)c2c1. The number of aromatic nitrogens is 2. The third kappa shape index (κ3) is 6.50. The van der Waals surface area contributed by atoms with Gasteiger partial charge in [0, 0.05) is 12.1 Å². The van der Waals surface area contributed by atoms with Crippen molar-refractivity contribution in [3.63, 3.8) is 0 Å². The molecular weight excluding hydrogens is 576 g/mol. The lowest BCUT2D eigenvalue weighted by molar-refractivity contribution is -0.0525. The quantitative estimate of drug-likeness (QED) is 0.215. The van der Waals surface area contributed by atoms with Crippen molar-refractivity contribution in [3.05, 3.63) is 80.4 Å². The highest BCUT2D eigenvalue weighted by Gasteiger charge is 2.22. The van der Waals surface area contributed by atoms with E-state index < -0.39 is 24.1 Å². The lowest BCUT2D eigenvalue weighted by atomic mass is 10.1. The molecule has 2 aromatic carbocycles. The first-order valence-electron chi connectivity index (χ1n) is 13.8. The first-order chi connectivity index (χ1) is 21.4. The highest BCUT2D eigenvalue weighted by Crippen LogP contribution is 2.23.